The largest absolute Gasteiger partial charge is 0.382 e. The number of ether oxygens (including phenoxy) is 1. The number of hydrogen-bond acceptors (Lipinski definition) is 9. The van der Waals surface area contributed by atoms with Crippen molar-refractivity contribution in [2.24, 2.45) is 0 Å². The minimum absolute atomic E-state index is 0.343. The number of nitrogen functional groups attached to an aromatic ring is 1. The third kappa shape index (κ3) is 3.97. The van der Waals surface area contributed by atoms with Crippen molar-refractivity contribution in [3.05, 3.63) is 60.1 Å². The Morgan fingerprint density at radius 3 is 2.66 bits per heavy atom. The van der Waals surface area contributed by atoms with Crippen LogP contribution in [0.25, 0.3) is 17.5 Å². The van der Waals surface area contributed by atoms with Crippen LogP contribution in [0.15, 0.2) is 48.9 Å². The van der Waals surface area contributed by atoms with Crippen LogP contribution in [0.1, 0.15) is 17.2 Å². The van der Waals surface area contributed by atoms with Crippen molar-refractivity contribution >= 4 is 35.4 Å². The Hall–Kier alpha value is -3.98. The van der Waals surface area contributed by atoms with Crippen LogP contribution in [0, 0.1) is 0 Å². The van der Waals surface area contributed by atoms with Crippen molar-refractivity contribution in [3.63, 3.8) is 0 Å². The molecule has 2 aliphatic heterocycles. The van der Waals surface area contributed by atoms with E-state index in [1.54, 1.807) is 12.4 Å². The van der Waals surface area contributed by atoms with Crippen LogP contribution in [-0.4, -0.2) is 47.5 Å². The zero-order valence-electron chi connectivity index (χ0n) is 17.4. The molecule has 4 heterocycles. The van der Waals surface area contributed by atoms with Gasteiger partial charge in [-0.15, -0.1) is 0 Å². The number of nitrogens with one attached hydrogen (secondary N) is 2. The molecule has 4 N–H and O–H groups in total. The van der Waals surface area contributed by atoms with Gasteiger partial charge in [-0.2, -0.15) is 0 Å². The number of fused-ring (bicyclic) bond motifs is 1. The Kier molecular flexibility index (Phi) is 5.39. The molecule has 0 spiro atoms. The maximum Gasteiger partial charge on any atom is 0.146 e. The molecule has 2 aromatic heterocycles. The highest BCUT2D eigenvalue weighted by molar-refractivity contribution is 5.79. The van der Waals surface area contributed by atoms with Gasteiger partial charge in [-0.1, -0.05) is 0 Å². The topological polar surface area (TPSA) is 118 Å². The quantitative estimate of drug-likeness (QED) is 0.526. The van der Waals surface area contributed by atoms with Gasteiger partial charge in [0.05, 0.1) is 31.3 Å². The van der Waals surface area contributed by atoms with Gasteiger partial charge in [0, 0.05) is 30.0 Å². The number of carbonyl (C=O) groups is 1. The average Bonchev–Trinajstić information content (AvgIpc) is 2.85. The second-order valence-electron chi connectivity index (χ2n) is 7.57. The monoisotopic (exact) mass is 429 g/mol. The first kappa shape index (κ1) is 20.0. The summed E-state index contributed by atoms with van der Waals surface area (Å²) in [6.45, 7) is 3.24. The average molecular weight is 429 g/mol. The molecule has 162 valence electrons. The normalized spacial score (nSPS) is 17.4. The molecule has 1 saturated heterocycles. The Morgan fingerprint density at radius 2 is 1.94 bits per heavy atom. The van der Waals surface area contributed by atoms with Crippen LogP contribution in [-0.2, 0) is 9.53 Å². The molecule has 1 unspecified atom stereocenters. The number of benzene rings is 1. The summed E-state index contributed by atoms with van der Waals surface area (Å²) in [4.78, 5) is 27.3. The lowest BCUT2D eigenvalue weighted by molar-refractivity contribution is -0.109. The van der Waals surface area contributed by atoms with Crippen molar-refractivity contribution in [2.45, 2.75) is 6.04 Å². The zero-order chi connectivity index (χ0) is 21.9. The summed E-state index contributed by atoms with van der Waals surface area (Å²) < 4.78 is 5.43. The van der Waals surface area contributed by atoms with E-state index < -0.39 is 6.04 Å². The number of nitrogens with zero attached hydrogens (tertiary/aromatic N) is 4. The fourth-order valence-electron chi connectivity index (χ4n) is 3.88. The number of morpholine rings is 1. The van der Waals surface area contributed by atoms with Crippen LogP contribution < -0.4 is 21.3 Å². The van der Waals surface area contributed by atoms with Gasteiger partial charge in [0.15, 0.2) is 0 Å². The lowest BCUT2D eigenvalue weighted by atomic mass is 9.98. The molecule has 3 aromatic rings. The SMILES string of the molecule is Nc1cnc(-c2cc3c(c(Nc4ccc(N5CCOCC5)cc4)n2)C(C=O)NC=C3)cn1. The van der Waals surface area contributed by atoms with Gasteiger partial charge in [-0.05, 0) is 48.2 Å². The highest BCUT2D eigenvalue weighted by atomic mass is 16.5. The van der Waals surface area contributed by atoms with Gasteiger partial charge in [0.1, 0.15) is 29.7 Å². The molecule has 2 aliphatic rings. The van der Waals surface area contributed by atoms with Gasteiger partial charge in [0.2, 0.25) is 0 Å². The van der Waals surface area contributed by atoms with Gasteiger partial charge in [-0.3, -0.25) is 0 Å². The maximum absolute atomic E-state index is 11.7. The zero-order valence-corrected chi connectivity index (χ0v) is 17.4. The molecule has 9 heteroatoms. The van der Waals surface area contributed by atoms with E-state index >= 15 is 0 Å². The minimum Gasteiger partial charge on any atom is -0.382 e. The van der Waals surface area contributed by atoms with Crippen molar-refractivity contribution in [1.82, 2.24) is 20.3 Å². The van der Waals surface area contributed by atoms with Crippen molar-refractivity contribution in [3.8, 4) is 11.4 Å². The number of carbonyl (C=O) groups excluding carboxylic acids is 1. The molecule has 0 bridgehead atoms. The highest BCUT2D eigenvalue weighted by Gasteiger charge is 2.23. The van der Waals surface area contributed by atoms with E-state index in [1.165, 1.54) is 6.20 Å². The van der Waals surface area contributed by atoms with E-state index in [-0.39, 0.29) is 0 Å². The second-order valence-corrected chi connectivity index (χ2v) is 7.57. The molecule has 1 fully saturated rings. The number of hydrogen-bond donors (Lipinski definition) is 3. The second kappa shape index (κ2) is 8.64. The van der Waals surface area contributed by atoms with Gasteiger partial charge in [0.25, 0.3) is 0 Å². The number of pyridine rings is 1. The Bertz CT molecular complexity index is 1140. The Balaban J connectivity index is 1.50. The third-order valence-electron chi connectivity index (χ3n) is 5.52. The van der Waals surface area contributed by atoms with Crippen molar-refractivity contribution in [1.29, 1.82) is 0 Å². The fourth-order valence-corrected chi connectivity index (χ4v) is 3.88. The third-order valence-corrected chi connectivity index (χ3v) is 5.52. The van der Waals surface area contributed by atoms with E-state index in [4.69, 9.17) is 15.5 Å². The molecule has 9 nitrogen and oxygen atoms in total. The Morgan fingerprint density at radius 1 is 1.12 bits per heavy atom. The highest BCUT2D eigenvalue weighted by Crippen LogP contribution is 2.34. The summed E-state index contributed by atoms with van der Waals surface area (Å²) in [5.74, 6) is 0.930. The van der Waals surface area contributed by atoms with E-state index in [0.717, 1.165) is 55.1 Å². The van der Waals surface area contributed by atoms with E-state index in [2.05, 4.69) is 37.6 Å². The molecule has 1 aromatic carbocycles. The molecule has 1 atom stereocenters. The lowest BCUT2D eigenvalue weighted by Crippen LogP contribution is -2.36. The van der Waals surface area contributed by atoms with Crippen LogP contribution >= 0.6 is 0 Å². The van der Waals surface area contributed by atoms with Crippen molar-refractivity contribution < 1.29 is 9.53 Å². The lowest BCUT2D eigenvalue weighted by Gasteiger charge is -2.29. The van der Waals surface area contributed by atoms with Gasteiger partial charge >= 0.3 is 0 Å². The number of rotatable bonds is 5. The first-order valence-electron chi connectivity index (χ1n) is 10.4. The molecule has 32 heavy (non-hydrogen) atoms. The number of aldehydes is 1. The summed E-state index contributed by atoms with van der Waals surface area (Å²) in [6.07, 6.45) is 7.64. The van der Waals surface area contributed by atoms with Crippen LogP contribution in [0.3, 0.4) is 0 Å². The smallest absolute Gasteiger partial charge is 0.146 e. The Labute approximate surface area is 185 Å². The summed E-state index contributed by atoms with van der Waals surface area (Å²) in [5, 5.41) is 6.47. The molecule has 0 aliphatic carbocycles. The number of nitrogens with two attached hydrogens (primary N) is 1. The molecule has 0 saturated carbocycles. The number of anilines is 4. The fraction of sp³-hybridized carbons (Fsp3) is 0.217. The van der Waals surface area contributed by atoms with Crippen molar-refractivity contribution in [2.75, 3.05) is 42.3 Å². The van der Waals surface area contributed by atoms with E-state index in [1.807, 2.05) is 24.3 Å². The molecule has 5 rings (SSSR count). The molecule has 0 amide bonds. The predicted octanol–water partition coefficient (Wildman–Crippen LogP) is 2.51. The predicted molar refractivity (Wildman–Crippen MR) is 123 cm³/mol. The molecular formula is C23H23N7O2. The van der Waals surface area contributed by atoms with Crippen LogP contribution in [0.2, 0.25) is 0 Å². The van der Waals surface area contributed by atoms with E-state index in [0.29, 0.717) is 23.0 Å². The number of aromatic nitrogens is 3. The molecular weight excluding hydrogens is 406 g/mol. The summed E-state index contributed by atoms with van der Waals surface area (Å²) >= 11 is 0. The van der Waals surface area contributed by atoms with Crippen LogP contribution in [0.5, 0.6) is 0 Å². The minimum atomic E-state index is -0.496. The van der Waals surface area contributed by atoms with E-state index in [9.17, 15) is 4.79 Å². The first-order chi connectivity index (χ1) is 15.7. The molecule has 0 radical (unpaired) electrons. The standard InChI is InChI=1S/C23H23N7O2/c24-21-13-26-19(12-27-21)18-11-15-5-6-25-20(14-31)22(15)23(29-18)28-16-1-3-17(4-2-16)30-7-9-32-10-8-30/h1-6,11-14,20,25H,7-10H2,(H2,24,27)(H,28,29). The summed E-state index contributed by atoms with van der Waals surface area (Å²) in [5.41, 5.74) is 10.6. The summed E-state index contributed by atoms with van der Waals surface area (Å²) in [7, 11) is 0. The summed E-state index contributed by atoms with van der Waals surface area (Å²) in [6, 6.07) is 9.57. The van der Waals surface area contributed by atoms with Gasteiger partial charge < -0.3 is 30.8 Å². The maximum atomic E-state index is 11.7. The van der Waals surface area contributed by atoms with Gasteiger partial charge in [-0.25, -0.2) is 15.0 Å². The van der Waals surface area contributed by atoms with Crippen LogP contribution in [0.4, 0.5) is 23.0 Å². The first-order valence-corrected chi connectivity index (χ1v) is 10.4.